The molecule has 0 bridgehead atoms. The average molecular weight is 289 g/mol. The minimum absolute atomic E-state index is 0.00807. The zero-order chi connectivity index (χ0) is 15.8. The molecule has 0 saturated heterocycles. The Morgan fingerprint density at radius 1 is 1.33 bits per heavy atom. The number of carboxylic acids is 1. The van der Waals surface area contributed by atoms with E-state index in [0.29, 0.717) is 0 Å². The number of aliphatic carboxylic acids is 1. The molecule has 0 radical (unpaired) electrons. The van der Waals surface area contributed by atoms with Gasteiger partial charge in [-0.25, -0.2) is 4.79 Å². The van der Waals surface area contributed by atoms with Crippen LogP contribution in [0.25, 0.3) is 6.08 Å². The molecule has 1 aromatic rings. The lowest BCUT2D eigenvalue weighted by atomic mass is 10.0. The maximum Gasteiger partial charge on any atom is 0.328 e. The standard InChI is InChI=1S/C17H23NO3/c1-4-6-12(3)17(21)18-15-9-7-13(8-10-16(19)20)11-14(15)5-2/h7-12H,4-6H2,1-3H3,(H,18,21)(H,19,20)/b10-8+. The number of anilines is 1. The Labute approximate surface area is 125 Å². The van der Waals surface area contributed by atoms with E-state index < -0.39 is 5.97 Å². The van der Waals surface area contributed by atoms with Crippen molar-refractivity contribution in [3.8, 4) is 0 Å². The summed E-state index contributed by atoms with van der Waals surface area (Å²) in [7, 11) is 0. The Balaban J connectivity index is 2.88. The van der Waals surface area contributed by atoms with Crippen LogP contribution in [0.1, 0.15) is 44.7 Å². The fraction of sp³-hybridized carbons (Fsp3) is 0.412. The van der Waals surface area contributed by atoms with E-state index in [9.17, 15) is 9.59 Å². The molecule has 2 N–H and O–H groups in total. The Hall–Kier alpha value is -2.10. The Morgan fingerprint density at radius 2 is 2.05 bits per heavy atom. The quantitative estimate of drug-likeness (QED) is 0.752. The highest BCUT2D eigenvalue weighted by molar-refractivity contribution is 5.93. The van der Waals surface area contributed by atoms with Gasteiger partial charge in [0.25, 0.3) is 0 Å². The number of carbonyl (C=O) groups is 2. The molecule has 0 aliphatic carbocycles. The Morgan fingerprint density at radius 3 is 2.62 bits per heavy atom. The van der Waals surface area contributed by atoms with Crippen molar-refractivity contribution in [3.05, 3.63) is 35.4 Å². The van der Waals surface area contributed by atoms with E-state index in [1.165, 1.54) is 0 Å². The molecule has 1 rings (SSSR count). The molecule has 0 aliphatic rings. The second kappa shape index (κ2) is 8.25. The lowest BCUT2D eigenvalue weighted by Gasteiger charge is -2.14. The normalized spacial score (nSPS) is 12.3. The topological polar surface area (TPSA) is 66.4 Å². The molecule has 1 aromatic carbocycles. The summed E-state index contributed by atoms with van der Waals surface area (Å²) in [6.07, 6.45) is 5.27. The highest BCUT2D eigenvalue weighted by Gasteiger charge is 2.13. The molecular formula is C17H23NO3. The first-order valence-electron chi connectivity index (χ1n) is 7.32. The molecule has 1 atom stereocenters. The van der Waals surface area contributed by atoms with Crippen LogP contribution in [0.3, 0.4) is 0 Å². The first-order chi connectivity index (χ1) is 9.97. The number of carboxylic acid groups (broad SMARTS) is 1. The van der Waals surface area contributed by atoms with Crippen molar-refractivity contribution in [1.29, 1.82) is 0 Å². The molecular weight excluding hydrogens is 266 g/mol. The van der Waals surface area contributed by atoms with Gasteiger partial charge in [-0.2, -0.15) is 0 Å². The van der Waals surface area contributed by atoms with Gasteiger partial charge in [0.05, 0.1) is 0 Å². The Bertz CT molecular complexity index is 535. The van der Waals surface area contributed by atoms with Crippen molar-refractivity contribution in [1.82, 2.24) is 0 Å². The second-order valence-electron chi connectivity index (χ2n) is 5.12. The van der Waals surface area contributed by atoms with Crippen LogP contribution in [-0.4, -0.2) is 17.0 Å². The first kappa shape index (κ1) is 17.0. The predicted octanol–water partition coefficient (Wildman–Crippen LogP) is 3.72. The van der Waals surface area contributed by atoms with Crippen LogP contribution in [0, 0.1) is 5.92 Å². The van der Waals surface area contributed by atoms with Gasteiger partial charge in [-0.05, 0) is 42.2 Å². The molecule has 0 heterocycles. The number of nitrogens with one attached hydrogen (secondary N) is 1. The molecule has 0 spiro atoms. The van der Waals surface area contributed by atoms with E-state index in [2.05, 4.69) is 12.2 Å². The number of aryl methyl sites for hydroxylation is 1. The zero-order valence-corrected chi connectivity index (χ0v) is 12.8. The lowest BCUT2D eigenvalue weighted by molar-refractivity contribution is -0.131. The summed E-state index contributed by atoms with van der Waals surface area (Å²) >= 11 is 0. The third-order valence-corrected chi connectivity index (χ3v) is 3.36. The van der Waals surface area contributed by atoms with Gasteiger partial charge in [0.2, 0.25) is 5.91 Å². The highest BCUT2D eigenvalue weighted by Crippen LogP contribution is 2.20. The SMILES string of the molecule is CCCC(C)C(=O)Nc1ccc(/C=C/C(=O)O)cc1CC. The van der Waals surface area contributed by atoms with Gasteiger partial charge in [-0.3, -0.25) is 4.79 Å². The van der Waals surface area contributed by atoms with Gasteiger partial charge in [0.15, 0.2) is 0 Å². The first-order valence-corrected chi connectivity index (χ1v) is 7.32. The summed E-state index contributed by atoms with van der Waals surface area (Å²) in [6.45, 7) is 5.99. The molecule has 0 aliphatic heterocycles. The fourth-order valence-electron chi connectivity index (χ4n) is 2.12. The summed E-state index contributed by atoms with van der Waals surface area (Å²) in [4.78, 5) is 22.6. The lowest BCUT2D eigenvalue weighted by Crippen LogP contribution is -2.20. The van der Waals surface area contributed by atoms with Gasteiger partial charge in [0, 0.05) is 17.7 Å². The van der Waals surface area contributed by atoms with E-state index in [1.807, 2.05) is 26.0 Å². The van der Waals surface area contributed by atoms with Crippen LogP contribution >= 0.6 is 0 Å². The molecule has 0 fully saturated rings. The monoisotopic (exact) mass is 289 g/mol. The largest absolute Gasteiger partial charge is 0.478 e. The maximum atomic E-state index is 12.1. The Kier molecular flexibility index (Phi) is 6.66. The van der Waals surface area contributed by atoms with Crippen LogP contribution < -0.4 is 5.32 Å². The molecule has 1 amide bonds. The third kappa shape index (κ3) is 5.42. The number of carbonyl (C=O) groups excluding carboxylic acids is 1. The summed E-state index contributed by atoms with van der Waals surface area (Å²) in [5, 5.41) is 11.6. The smallest absolute Gasteiger partial charge is 0.328 e. The minimum Gasteiger partial charge on any atom is -0.478 e. The van der Waals surface area contributed by atoms with Crippen LogP contribution in [0.5, 0.6) is 0 Å². The molecule has 4 heteroatoms. The average Bonchev–Trinajstić information content (AvgIpc) is 2.46. The van der Waals surface area contributed by atoms with Crippen LogP contribution in [0.15, 0.2) is 24.3 Å². The molecule has 0 aromatic heterocycles. The van der Waals surface area contributed by atoms with Crippen molar-refractivity contribution < 1.29 is 14.7 Å². The van der Waals surface area contributed by atoms with Crippen molar-refractivity contribution in [2.75, 3.05) is 5.32 Å². The van der Waals surface area contributed by atoms with E-state index in [0.717, 1.165) is 42.2 Å². The predicted molar refractivity (Wildman–Crippen MR) is 85.2 cm³/mol. The van der Waals surface area contributed by atoms with Gasteiger partial charge >= 0.3 is 5.97 Å². The van der Waals surface area contributed by atoms with Crippen molar-refractivity contribution in [3.63, 3.8) is 0 Å². The van der Waals surface area contributed by atoms with Crippen molar-refractivity contribution >= 4 is 23.6 Å². The molecule has 114 valence electrons. The van der Waals surface area contributed by atoms with E-state index in [1.54, 1.807) is 12.1 Å². The number of hydrogen-bond acceptors (Lipinski definition) is 2. The van der Waals surface area contributed by atoms with Crippen LogP contribution in [-0.2, 0) is 16.0 Å². The van der Waals surface area contributed by atoms with Crippen LogP contribution in [0.2, 0.25) is 0 Å². The fourth-order valence-corrected chi connectivity index (χ4v) is 2.12. The summed E-state index contributed by atoms with van der Waals surface area (Å²) in [5.74, 6) is -0.953. The number of rotatable bonds is 7. The minimum atomic E-state index is -0.973. The summed E-state index contributed by atoms with van der Waals surface area (Å²) < 4.78 is 0. The highest BCUT2D eigenvalue weighted by atomic mass is 16.4. The van der Waals surface area contributed by atoms with Crippen molar-refractivity contribution in [2.24, 2.45) is 5.92 Å². The number of hydrogen-bond donors (Lipinski definition) is 2. The molecule has 0 saturated carbocycles. The molecule has 4 nitrogen and oxygen atoms in total. The maximum absolute atomic E-state index is 12.1. The van der Waals surface area contributed by atoms with Gasteiger partial charge in [0.1, 0.15) is 0 Å². The summed E-state index contributed by atoms with van der Waals surface area (Å²) in [6, 6.07) is 5.54. The van der Waals surface area contributed by atoms with Gasteiger partial charge in [-0.1, -0.05) is 33.3 Å². The van der Waals surface area contributed by atoms with Gasteiger partial charge in [-0.15, -0.1) is 0 Å². The van der Waals surface area contributed by atoms with E-state index >= 15 is 0 Å². The van der Waals surface area contributed by atoms with Crippen molar-refractivity contribution in [2.45, 2.75) is 40.0 Å². The van der Waals surface area contributed by atoms with Crippen LogP contribution in [0.4, 0.5) is 5.69 Å². The number of benzene rings is 1. The third-order valence-electron chi connectivity index (χ3n) is 3.36. The molecule has 1 unspecified atom stereocenters. The number of amides is 1. The second-order valence-corrected chi connectivity index (χ2v) is 5.12. The van der Waals surface area contributed by atoms with E-state index in [4.69, 9.17) is 5.11 Å². The zero-order valence-electron chi connectivity index (χ0n) is 12.8. The van der Waals surface area contributed by atoms with E-state index in [-0.39, 0.29) is 11.8 Å². The molecule has 21 heavy (non-hydrogen) atoms. The van der Waals surface area contributed by atoms with Gasteiger partial charge < -0.3 is 10.4 Å². The summed E-state index contributed by atoms with van der Waals surface area (Å²) in [5.41, 5.74) is 2.62.